The van der Waals surface area contributed by atoms with Crippen LogP contribution in [-0.2, 0) is 14.3 Å². The predicted octanol–water partition coefficient (Wildman–Crippen LogP) is 15.3. The SMILES string of the molecule is CCCCCCCC/C=C\CCCCCCCCCCCC(=O)OCCCC/C=C\CCCCCCC(=O)NC(CO)C(O)/C=C/CCCCCCCCCCCCC. The average Bonchev–Trinajstić information content (AvgIpc) is 3.24. The number of unbranched alkanes of at least 4 members (excludes halogenated alkanes) is 32. The van der Waals surface area contributed by atoms with E-state index in [1.165, 1.54) is 161 Å². The monoisotopic (exact) mass is 830 g/mol. The third kappa shape index (κ3) is 45.4. The number of carbonyl (C=O) groups is 2. The van der Waals surface area contributed by atoms with E-state index in [0.717, 1.165) is 77.0 Å². The Hall–Kier alpha value is -1.92. The Bertz CT molecular complexity index is 962. The van der Waals surface area contributed by atoms with Crippen molar-refractivity contribution in [3.63, 3.8) is 0 Å². The minimum absolute atomic E-state index is 0.0396. The number of rotatable bonds is 47. The maximum atomic E-state index is 12.4. The number of carbonyl (C=O) groups excluding carboxylic acids is 2. The van der Waals surface area contributed by atoms with Crippen LogP contribution in [-0.4, -0.2) is 47.4 Å². The molecule has 2 atom stereocenters. The minimum Gasteiger partial charge on any atom is -0.466 e. The smallest absolute Gasteiger partial charge is 0.305 e. The molecule has 3 N–H and O–H groups in total. The normalized spacial score (nSPS) is 12.9. The summed E-state index contributed by atoms with van der Waals surface area (Å²) in [6.45, 7) is 4.80. The van der Waals surface area contributed by atoms with Crippen LogP contribution in [0.2, 0.25) is 0 Å². The highest BCUT2D eigenvalue weighted by Crippen LogP contribution is 2.15. The van der Waals surface area contributed by atoms with Gasteiger partial charge in [-0.1, -0.05) is 204 Å². The van der Waals surface area contributed by atoms with E-state index in [9.17, 15) is 19.8 Å². The van der Waals surface area contributed by atoms with Crippen molar-refractivity contribution in [3.8, 4) is 0 Å². The summed E-state index contributed by atoms with van der Waals surface area (Å²) in [6.07, 6.45) is 58.6. The fraction of sp³-hybridized carbons (Fsp3) is 0.849. The molecular weight excluding hydrogens is 731 g/mol. The summed E-state index contributed by atoms with van der Waals surface area (Å²) in [7, 11) is 0. The van der Waals surface area contributed by atoms with E-state index >= 15 is 0 Å². The standard InChI is InChI=1S/C53H99NO5/c1-3-5-7-9-11-13-15-17-18-19-20-21-22-24-26-31-35-39-43-47-53(58)59-48-44-40-36-32-28-27-30-34-38-42-46-52(57)54-50(49-55)51(56)45-41-37-33-29-25-23-16-14-12-10-8-6-4-2/h17-18,28,32,41,45,50-51,55-56H,3-16,19-27,29-31,33-40,42-44,46-49H2,1-2H3,(H,54,57)/b18-17-,32-28-,45-41+. The Morgan fingerprint density at radius 2 is 0.797 bits per heavy atom. The van der Waals surface area contributed by atoms with Crippen LogP contribution in [0.25, 0.3) is 0 Å². The molecule has 0 radical (unpaired) electrons. The molecule has 0 aromatic heterocycles. The summed E-state index contributed by atoms with van der Waals surface area (Å²) in [5, 5.41) is 23.0. The Morgan fingerprint density at radius 1 is 0.458 bits per heavy atom. The fourth-order valence-corrected chi connectivity index (χ4v) is 7.62. The largest absolute Gasteiger partial charge is 0.466 e. The van der Waals surface area contributed by atoms with Gasteiger partial charge in [0, 0.05) is 12.8 Å². The van der Waals surface area contributed by atoms with E-state index in [0.29, 0.717) is 19.4 Å². The van der Waals surface area contributed by atoms with Crippen LogP contribution < -0.4 is 5.32 Å². The highest BCUT2D eigenvalue weighted by molar-refractivity contribution is 5.76. The van der Waals surface area contributed by atoms with Crippen molar-refractivity contribution in [2.45, 2.75) is 276 Å². The number of amides is 1. The maximum absolute atomic E-state index is 12.4. The van der Waals surface area contributed by atoms with Crippen molar-refractivity contribution in [2.75, 3.05) is 13.2 Å². The number of esters is 1. The first-order chi connectivity index (χ1) is 29.0. The van der Waals surface area contributed by atoms with Crippen LogP contribution in [0, 0.1) is 0 Å². The second-order valence-electron chi connectivity index (χ2n) is 17.5. The number of ether oxygens (including phenoxy) is 1. The molecule has 59 heavy (non-hydrogen) atoms. The quantitative estimate of drug-likeness (QED) is 0.0323. The molecule has 0 heterocycles. The molecule has 0 saturated carbocycles. The van der Waals surface area contributed by atoms with Gasteiger partial charge in [0.25, 0.3) is 0 Å². The van der Waals surface area contributed by atoms with Crippen molar-refractivity contribution in [2.24, 2.45) is 0 Å². The molecule has 0 aromatic carbocycles. The van der Waals surface area contributed by atoms with Gasteiger partial charge in [-0.05, 0) is 83.5 Å². The Balaban J connectivity index is 3.54. The van der Waals surface area contributed by atoms with Gasteiger partial charge >= 0.3 is 5.97 Å². The molecule has 0 spiro atoms. The molecule has 0 aliphatic heterocycles. The number of nitrogens with one attached hydrogen (secondary N) is 1. The van der Waals surface area contributed by atoms with Gasteiger partial charge in [0.05, 0.1) is 25.4 Å². The molecule has 346 valence electrons. The summed E-state index contributed by atoms with van der Waals surface area (Å²) in [5.41, 5.74) is 0. The number of aliphatic hydroxyl groups is 2. The zero-order valence-corrected chi connectivity index (χ0v) is 39.2. The second kappa shape index (κ2) is 48.7. The van der Waals surface area contributed by atoms with Crippen LogP contribution >= 0.6 is 0 Å². The van der Waals surface area contributed by atoms with Crippen LogP contribution in [0.5, 0.6) is 0 Å². The third-order valence-corrected chi connectivity index (χ3v) is 11.6. The van der Waals surface area contributed by atoms with Crippen LogP contribution in [0.1, 0.15) is 264 Å². The molecule has 2 unspecified atom stereocenters. The molecule has 0 saturated heterocycles. The van der Waals surface area contributed by atoms with Gasteiger partial charge in [-0.15, -0.1) is 0 Å². The van der Waals surface area contributed by atoms with Gasteiger partial charge in [-0.3, -0.25) is 9.59 Å². The summed E-state index contributed by atoms with van der Waals surface area (Å²) in [4.78, 5) is 24.5. The van der Waals surface area contributed by atoms with Gasteiger partial charge in [-0.2, -0.15) is 0 Å². The first kappa shape index (κ1) is 57.1. The van der Waals surface area contributed by atoms with Gasteiger partial charge in [0.1, 0.15) is 0 Å². The molecule has 1 amide bonds. The van der Waals surface area contributed by atoms with Crippen LogP contribution in [0.4, 0.5) is 0 Å². The Kier molecular flexibility index (Phi) is 47.2. The summed E-state index contributed by atoms with van der Waals surface area (Å²) in [5.74, 6) is -0.144. The second-order valence-corrected chi connectivity index (χ2v) is 17.5. The predicted molar refractivity (Wildman–Crippen MR) is 255 cm³/mol. The number of hydrogen-bond acceptors (Lipinski definition) is 5. The summed E-state index contributed by atoms with van der Waals surface area (Å²) in [6, 6.07) is -0.653. The molecule has 0 aliphatic rings. The van der Waals surface area contributed by atoms with Crippen molar-refractivity contribution >= 4 is 11.9 Å². The Labute approximate surface area is 366 Å². The van der Waals surface area contributed by atoms with E-state index in [4.69, 9.17) is 4.74 Å². The zero-order valence-electron chi connectivity index (χ0n) is 39.2. The highest BCUT2D eigenvalue weighted by Gasteiger charge is 2.18. The van der Waals surface area contributed by atoms with Crippen LogP contribution in [0.15, 0.2) is 36.5 Å². The molecule has 6 heteroatoms. The lowest BCUT2D eigenvalue weighted by Gasteiger charge is -2.20. The first-order valence-electron chi connectivity index (χ1n) is 25.8. The highest BCUT2D eigenvalue weighted by atomic mass is 16.5. The van der Waals surface area contributed by atoms with Gasteiger partial charge in [0.15, 0.2) is 0 Å². The van der Waals surface area contributed by atoms with E-state index in [1.54, 1.807) is 6.08 Å². The lowest BCUT2D eigenvalue weighted by atomic mass is 10.0. The van der Waals surface area contributed by atoms with Crippen molar-refractivity contribution < 1.29 is 24.5 Å². The lowest BCUT2D eigenvalue weighted by molar-refractivity contribution is -0.143. The van der Waals surface area contributed by atoms with Crippen molar-refractivity contribution in [1.29, 1.82) is 0 Å². The molecule has 0 aliphatic carbocycles. The molecule has 0 bridgehead atoms. The van der Waals surface area contributed by atoms with E-state index in [2.05, 4.69) is 43.5 Å². The number of allylic oxidation sites excluding steroid dienone is 5. The molecule has 0 rings (SSSR count). The minimum atomic E-state index is -0.865. The van der Waals surface area contributed by atoms with E-state index in [-0.39, 0.29) is 18.5 Å². The Morgan fingerprint density at radius 3 is 1.20 bits per heavy atom. The third-order valence-electron chi connectivity index (χ3n) is 11.6. The summed E-state index contributed by atoms with van der Waals surface area (Å²) >= 11 is 0. The van der Waals surface area contributed by atoms with Gasteiger partial charge < -0.3 is 20.3 Å². The lowest BCUT2D eigenvalue weighted by Crippen LogP contribution is -2.45. The van der Waals surface area contributed by atoms with Gasteiger partial charge in [0.2, 0.25) is 5.91 Å². The van der Waals surface area contributed by atoms with E-state index < -0.39 is 12.1 Å². The van der Waals surface area contributed by atoms with Crippen molar-refractivity contribution in [1.82, 2.24) is 5.32 Å². The van der Waals surface area contributed by atoms with Crippen LogP contribution in [0.3, 0.4) is 0 Å². The van der Waals surface area contributed by atoms with Crippen molar-refractivity contribution in [3.05, 3.63) is 36.5 Å². The first-order valence-corrected chi connectivity index (χ1v) is 25.8. The average molecular weight is 830 g/mol. The molecule has 0 aromatic rings. The number of aliphatic hydroxyl groups excluding tert-OH is 2. The maximum Gasteiger partial charge on any atom is 0.305 e. The molecule has 0 fully saturated rings. The molecular formula is C53H99NO5. The van der Waals surface area contributed by atoms with E-state index in [1.807, 2.05) is 6.08 Å². The molecule has 6 nitrogen and oxygen atoms in total. The topological polar surface area (TPSA) is 95.9 Å². The fourth-order valence-electron chi connectivity index (χ4n) is 7.62. The summed E-state index contributed by atoms with van der Waals surface area (Å²) < 4.78 is 5.44. The zero-order chi connectivity index (χ0) is 43.0. The number of hydrogen-bond donors (Lipinski definition) is 3. The van der Waals surface area contributed by atoms with Gasteiger partial charge in [-0.25, -0.2) is 0 Å².